The van der Waals surface area contributed by atoms with Gasteiger partial charge in [-0.2, -0.15) is 0 Å². The van der Waals surface area contributed by atoms with Gasteiger partial charge in [-0.05, 0) is 39.5 Å². The van der Waals surface area contributed by atoms with Crippen LogP contribution in [0.15, 0.2) is 0 Å². The lowest BCUT2D eigenvalue weighted by Crippen LogP contribution is -2.57. The zero-order chi connectivity index (χ0) is 17.0. The number of ether oxygens (including phenoxy) is 1. The fourth-order valence-corrected chi connectivity index (χ4v) is 2.92. The van der Waals surface area contributed by atoms with E-state index in [1.54, 1.807) is 20.8 Å². The second-order valence-corrected chi connectivity index (χ2v) is 7.30. The van der Waals surface area contributed by atoms with Gasteiger partial charge in [0.15, 0.2) is 0 Å². The van der Waals surface area contributed by atoms with Crippen LogP contribution in [0.5, 0.6) is 0 Å². The summed E-state index contributed by atoms with van der Waals surface area (Å²) >= 11 is 0. The van der Waals surface area contributed by atoms with Crippen molar-refractivity contribution in [2.24, 2.45) is 17.6 Å². The van der Waals surface area contributed by atoms with Crippen LogP contribution in [0.1, 0.15) is 65.7 Å². The highest BCUT2D eigenvalue weighted by Gasteiger charge is 2.46. The predicted octanol–water partition coefficient (Wildman–Crippen LogP) is 2.04. The Morgan fingerprint density at radius 2 is 1.77 bits per heavy atom. The summed E-state index contributed by atoms with van der Waals surface area (Å²) in [7, 11) is 0. The van der Waals surface area contributed by atoms with E-state index in [0.29, 0.717) is 12.3 Å². The van der Waals surface area contributed by atoms with Crippen molar-refractivity contribution < 1.29 is 24.5 Å². The Morgan fingerprint density at radius 3 is 2.23 bits per heavy atom. The highest BCUT2D eigenvalue weighted by Crippen LogP contribution is 2.31. The molecule has 1 rings (SSSR count). The standard InChI is InChI=1S/C16H29NO5/c1-15(2,3)22-13(18)12(16(17,21)14(19)20)10-9-11-7-5-4-6-8-11/h11-12,21H,4-10,17H2,1-3H3,(H,19,20)/t12-,16-/m0/s1. The largest absolute Gasteiger partial charge is 0.478 e. The molecule has 0 radical (unpaired) electrons. The second kappa shape index (κ2) is 7.42. The number of carbonyl (C=O) groups is 2. The Labute approximate surface area is 132 Å². The highest BCUT2D eigenvalue weighted by atomic mass is 16.6. The first kappa shape index (κ1) is 18.9. The third kappa shape index (κ3) is 5.57. The van der Waals surface area contributed by atoms with Crippen LogP contribution in [0.3, 0.4) is 0 Å². The van der Waals surface area contributed by atoms with Crippen molar-refractivity contribution in [3.05, 3.63) is 0 Å². The lowest BCUT2D eigenvalue weighted by molar-refractivity contribution is -0.183. The first-order valence-electron chi connectivity index (χ1n) is 8.01. The minimum absolute atomic E-state index is 0.221. The van der Waals surface area contributed by atoms with Crippen LogP contribution in [-0.2, 0) is 14.3 Å². The molecule has 22 heavy (non-hydrogen) atoms. The summed E-state index contributed by atoms with van der Waals surface area (Å²) in [4.78, 5) is 23.5. The van der Waals surface area contributed by atoms with Crippen molar-refractivity contribution in [1.29, 1.82) is 0 Å². The molecule has 0 aliphatic heterocycles. The van der Waals surface area contributed by atoms with Crippen molar-refractivity contribution in [2.45, 2.75) is 77.0 Å². The summed E-state index contributed by atoms with van der Waals surface area (Å²) in [5, 5.41) is 19.1. The van der Waals surface area contributed by atoms with E-state index < -0.39 is 29.2 Å². The fraction of sp³-hybridized carbons (Fsp3) is 0.875. The lowest BCUT2D eigenvalue weighted by Gasteiger charge is -2.31. The SMILES string of the molecule is CC(C)(C)OC(=O)[C@H](CCC1CCCCC1)[C@](N)(O)C(=O)O. The number of aliphatic carboxylic acids is 1. The minimum atomic E-state index is -2.60. The van der Waals surface area contributed by atoms with E-state index in [4.69, 9.17) is 15.6 Å². The van der Waals surface area contributed by atoms with E-state index in [2.05, 4.69) is 0 Å². The Kier molecular flexibility index (Phi) is 6.38. The first-order valence-corrected chi connectivity index (χ1v) is 8.01. The van der Waals surface area contributed by atoms with Gasteiger partial charge in [-0.3, -0.25) is 10.5 Å². The van der Waals surface area contributed by atoms with Gasteiger partial charge in [-0.15, -0.1) is 0 Å². The third-order valence-electron chi connectivity index (χ3n) is 4.15. The number of aliphatic hydroxyl groups is 1. The molecule has 128 valence electrons. The zero-order valence-electron chi connectivity index (χ0n) is 13.8. The van der Waals surface area contributed by atoms with Gasteiger partial charge < -0.3 is 14.9 Å². The van der Waals surface area contributed by atoms with Gasteiger partial charge in [0.05, 0.1) is 0 Å². The van der Waals surface area contributed by atoms with Gasteiger partial charge in [0.2, 0.25) is 5.72 Å². The molecule has 0 heterocycles. The summed E-state index contributed by atoms with van der Waals surface area (Å²) in [6.45, 7) is 5.08. The van der Waals surface area contributed by atoms with Gasteiger partial charge in [-0.25, -0.2) is 4.79 Å². The van der Waals surface area contributed by atoms with Crippen LogP contribution in [0.2, 0.25) is 0 Å². The van der Waals surface area contributed by atoms with Gasteiger partial charge in [0.1, 0.15) is 11.5 Å². The molecule has 0 unspecified atom stereocenters. The minimum Gasteiger partial charge on any atom is -0.478 e. The van der Waals surface area contributed by atoms with E-state index in [0.717, 1.165) is 25.7 Å². The van der Waals surface area contributed by atoms with Gasteiger partial charge in [0, 0.05) is 0 Å². The van der Waals surface area contributed by atoms with Gasteiger partial charge in [-0.1, -0.05) is 32.1 Å². The van der Waals surface area contributed by atoms with E-state index in [1.807, 2.05) is 0 Å². The third-order valence-corrected chi connectivity index (χ3v) is 4.15. The van der Waals surface area contributed by atoms with Gasteiger partial charge >= 0.3 is 11.9 Å². The zero-order valence-corrected chi connectivity index (χ0v) is 13.8. The van der Waals surface area contributed by atoms with Crippen molar-refractivity contribution in [2.75, 3.05) is 0 Å². The second-order valence-electron chi connectivity index (χ2n) is 7.30. The number of carboxylic acids is 1. The normalized spacial score (nSPS) is 21.0. The summed E-state index contributed by atoms with van der Waals surface area (Å²) in [6, 6.07) is 0. The molecule has 0 aromatic heterocycles. The van der Waals surface area contributed by atoms with Crippen LogP contribution in [-0.4, -0.2) is 33.5 Å². The number of rotatable bonds is 6. The van der Waals surface area contributed by atoms with E-state index >= 15 is 0 Å². The average Bonchev–Trinajstić information content (AvgIpc) is 2.37. The molecule has 0 spiro atoms. The number of carboxylic acid groups (broad SMARTS) is 1. The topological polar surface area (TPSA) is 110 Å². The quantitative estimate of drug-likeness (QED) is 0.511. The number of esters is 1. The highest BCUT2D eigenvalue weighted by molar-refractivity contribution is 5.85. The number of carbonyl (C=O) groups excluding carboxylic acids is 1. The molecule has 1 aliphatic rings. The van der Waals surface area contributed by atoms with Crippen LogP contribution < -0.4 is 5.73 Å². The molecule has 0 amide bonds. The molecule has 2 atom stereocenters. The van der Waals surface area contributed by atoms with Crippen LogP contribution in [0.25, 0.3) is 0 Å². The number of nitrogens with two attached hydrogens (primary N) is 1. The molecule has 0 bridgehead atoms. The molecule has 0 aromatic carbocycles. The molecular weight excluding hydrogens is 286 g/mol. The molecule has 1 fully saturated rings. The monoisotopic (exact) mass is 315 g/mol. The van der Waals surface area contributed by atoms with Crippen molar-refractivity contribution in [3.63, 3.8) is 0 Å². The lowest BCUT2D eigenvalue weighted by atomic mass is 9.82. The average molecular weight is 315 g/mol. The summed E-state index contributed by atoms with van der Waals surface area (Å²) in [5.74, 6) is -3.16. The fourth-order valence-electron chi connectivity index (χ4n) is 2.92. The molecular formula is C16H29NO5. The molecule has 6 heteroatoms. The van der Waals surface area contributed by atoms with Crippen molar-refractivity contribution >= 4 is 11.9 Å². The van der Waals surface area contributed by atoms with E-state index in [1.165, 1.54) is 6.42 Å². The molecule has 4 N–H and O–H groups in total. The summed E-state index contributed by atoms with van der Waals surface area (Å²) < 4.78 is 5.23. The first-order chi connectivity index (χ1) is 10.0. The summed E-state index contributed by atoms with van der Waals surface area (Å²) in [6.07, 6.45) is 6.60. The Hall–Kier alpha value is -1.14. The Balaban J connectivity index is 2.77. The maximum Gasteiger partial charge on any atom is 0.351 e. The van der Waals surface area contributed by atoms with Crippen LogP contribution >= 0.6 is 0 Å². The van der Waals surface area contributed by atoms with E-state index in [9.17, 15) is 14.7 Å². The Morgan fingerprint density at radius 1 is 1.23 bits per heavy atom. The number of hydrogen-bond donors (Lipinski definition) is 3. The van der Waals surface area contributed by atoms with Crippen LogP contribution in [0, 0.1) is 11.8 Å². The van der Waals surface area contributed by atoms with E-state index in [-0.39, 0.29) is 6.42 Å². The van der Waals surface area contributed by atoms with Crippen molar-refractivity contribution in [1.82, 2.24) is 0 Å². The summed E-state index contributed by atoms with van der Waals surface area (Å²) in [5.41, 5.74) is 2.14. The number of hydrogen-bond acceptors (Lipinski definition) is 5. The molecule has 1 aliphatic carbocycles. The van der Waals surface area contributed by atoms with Gasteiger partial charge in [0.25, 0.3) is 0 Å². The molecule has 1 saturated carbocycles. The van der Waals surface area contributed by atoms with Crippen LogP contribution in [0.4, 0.5) is 0 Å². The van der Waals surface area contributed by atoms with Crippen molar-refractivity contribution in [3.8, 4) is 0 Å². The predicted molar refractivity (Wildman–Crippen MR) is 81.9 cm³/mol. The molecule has 0 aromatic rings. The smallest absolute Gasteiger partial charge is 0.351 e. The maximum atomic E-state index is 12.3. The molecule has 0 saturated heterocycles. The molecule has 6 nitrogen and oxygen atoms in total. The maximum absolute atomic E-state index is 12.3. The Bertz CT molecular complexity index is 394.